The van der Waals surface area contributed by atoms with Crippen LogP contribution in [0.25, 0.3) is 6.08 Å². The predicted octanol–water partition coefficient (Wildman–Crippen LogP) is 3.51. The zero-order valence-corrected chi connectivity index (χ0v) is 18.2. The van der Waals surface area contributed by atoms with Crippen molar-refractivity contribution in [2.24, 2.45) is 0 Å². The number of rotatable bonds is 7. The second-order valence-corrected chi connectivity index (χ2v) is 9.32. The number of piperidine rings is 1. The van der Waals surface area contributed by atoms with E-state index >= 15 is 0 Å². The molecule has 0 aromatic heterocycles. The molecular weight excluding hydrogens is 400 g/mol. The summed E-state index contributed by atoms with van der Waals surface area (Å²) >= 11 is 0. The fourth-order valence-electron chi connectivity index (χ4n) is 3.37. The van der Waals surface area contributed by atoms with Crippen LogP contribution in [-0.2, 0) is 21.4 Å². The number of amides is 1. The molecule has 160 valence electrons. The van der Waals surface area contributed by atoms with Crippen LogP contribution in [0.2, 0.25) is 0 Å². The Bertz CT molecular complexity index is 1010. The van der Waals surface area contributed by atoms with Crippen LogP contribution >= 0.6 is 0 Å². The minimum absolute atomic E-state index is 0.133. The molecule has 1 saturated heterocycles. The molecule has 0 atom stereocenters. The summed E-state index contributed by atoms with van der Waals surface area (Å²) in [6, 6.07) is 12.9. The maximum atomic E-state index is 13.1. The van der Waals surface area contributed by atoms with Crippen molar-refractivity contribution in [3.05, 3.63) is 65.2 Å². The van der Waals surface area contributed by atoms with Gasteiger partial charge in [0.05, 0.1) is 7.11 Å². The van der Waals surface area contributed by atoms with Gasteiger partial charge in [-0.25, -0.2) is 8.42 Å². The molecule has 1 heterocycles. The van der Waals surface area contributed by atoms with Gasteiger partial charge >= 0.3 is 0 Å². The van der Waals surface area contributed by atoms with Gasteiger partial charge in [0.25, 0.3) is 0 Å². The molecule has 1 amide bonds. The van der Waals surface area contributed by atoms with Gasteiger partial charge in [0.15, 0.2) is 0 Å². The number of nitrogens with one attached hydrogen (secondary N) is 1. The highest BCUT2D eigenvalue weighted by Crippen LogP contribution is 2.29. The van der Waals surface area contributed by atoms with Crippen LogP contribution in [0.4, 0.5) is 0 Å². The second kappa shape index (κ2) is 9.91. The molecule has 0 spiro atoms. The van der Waals surface area contributed by atoms with Crippen LogP contribution in [-0.4, -0.2) is 38.8 Å². The zero-order valence-electron chi connectivity index (χ0n) is 17.4. The smallest absolute Gasteiger partial charge is 0.246 e. The van der Waals surface area contributed by atoms with Gasteiger partial charge in [-0.05, 0) is 49.1 Å². The van der Waals surface area contributed by atoms with E-state index in [1.807, 2.05) is 31.2 Å². The Labute approximate surface area is 178 Å². The quantitative estimate of drug-likeness (QED) is 0.685. The summed E-state index contributed by atoms with van der Waals surface area (Å²) < 4.78 is 33.0. The molecule has 30 heavy (non-hydrogen) atoms. The Morgan fingerprint density at radius 2 is 1.80 bits per heavy atom. The summed E-state index contributed by atoms with van der Waals surface area (Å²) in [5.74, 6) is 0.0633. The van der Waals surface area contributed by atoms with Gasteiger partial charge in [0.2, 0.25) is 15.9 Å². The molecule has 1 fully saturated rings. The Kier molecular flexibility index (Phi) is 7.29. The molecule has 0 aliphatic carbocycles. The highest BCUT2D eigenvalue weighted by molar-refractivity contribution is 7.89. The number of sulfonamides is 1. The number of benzene rings is 2. The Morgan fingerprint density at radius 1 is 1.10 bits per heavy atom. The first-order valence-electron chi connectivity index (χ1n) is 10.1. The number of hydrogen-bond acceptors (Lipinski definition) is 4. The molecule has 1 aliphatic rings. The molecule has 7 heteroatoms. The lowest BCUT2D eigenvalue weighted by molar-refractivity contribution is -0.116. The van der Waals surface area contributed by atoms with E-state index in [4.69, 9.17) is 4.74 Å². The molecule has 0 bridgehead atoms. The summed E-state index contributed by atoms with van der Waals surface area (Å²) in [7, 11) is -2.18. The topological polar surface area (TPSA) is 75.7 Å². The normalized spacial score (nSPS) is 15.3. The predicted molar refractivity (Wildman–Crippen MR) is 118 cm³/mol. The molecular formula is C23H28N2O4S. The largest absolute Gasteiger partial charge is 0.495 e. The first-order valence-corrected chi connectivity index (χ1v) is 11.5. The zero-order chi connectivity index (χ0) is 21.6. The van der Waals surface area contributed by atoms with Crippen molar-refractivity contribution in [3.8, 4) is 5.75 Å². The number of ether oxygens (including phenoxy) is 1. The number of hydrogen-bond donors (Lipinski definition) is 1. The summed E-state index contributed by atoms with van der Waals surface area (Å²) in [6.45, 7) is 3.49. The average molecular weight is 429 g/mol. The van der Waals surface area contributed by atoms with E-state index in [1.165, 1.54) is 23.1 Å². The third-order valence-corrected chi connectivity index (χ3v) is 7.05. The van der Waals surface area contributed by atoms with Crippen LogP contribution in [0.5, 0.6) is 5.75 Å². The van der Waals surface area contributed by atoms with E-state index in [0.29, 0.717) is 30.9 Å². The van der Waals surface area contributed by atoms with Gasteiger partial charge in [-0.15, -0.1) is 0 Å². The summed E-state index contributed by atoms with van der Waals surface area (Å²) in [5.41, 5.74) is 2.80. The number of aryl methyl sites for hydroxylation is 1. The highest BCUT2D eigenvalue weighted by atomic mass is 32.2. The molecule has 2 aromatic carbocycles. The molecule has 6 nitrogen and oxygen atoms in total. The maximum absolute atomic E-state index is 13.1. The van der Waals surface area contributed by atoms with E-state index in [0.717, 1.165) is 24.8 Å². The van der Waals surface area contributed by atoms with Crippen molar-refractivity contribution in [2.45, 2.75) is 37.6 Å². The lowest BCUT2D eigenvalue weighted by Crippen LogP contribution is -2.35. The van der Waals surface area contributed by atoms with Crippen molar-refractivity contribution >= 4 is 22.0 Å². The van der Waals surface area contributed by atoms with Gasteiger partial charge in [-0.1, -0.05) is 42.3 Å². The number of methoxy groups -OCH3 is 1. The number of carbonyl (C=O) groups excluding carboxylic acids is 1. The molecule has 2 aromatic rings. The lowest BCUT2D eigenvalue weighted by Gasteiger charge is -2.26. The second-order valence-electron chi connectivity index (χ2n) is 7.41. The van der Waals surface area contributed by atoms with Crippen LogP contribution in [0.3, 0.4) is 0 Å². The highest BCUT2D eigenvalue weighted by Gasteiger charge is 2.28. The van der Waals surface area contributed by atoms with Gasteiger partial charge in [0.1, 0.15) is 10.6 Å². The van der Waals surface area contributed by atoms with Gasteiger partial charge < -0.3 is 10.1 Å². The number of carbonyl (C=O) groups is 1. The van der Waals surface area contributed by atoms with Crippen molar-refractivity contribution in [1.29, 1.82) is 0 Å². The van der Waals surface area contributed by atoms with Crippen molar-refractivity contribution in [3.63, 3.8) is 0 Å². The fraction of sp³-hybridized carbons (Fsp3) is 0.348. The van der Waals surface area contributed by atoms with E-state index < -0.39 is 10.0 Å². The van der Waals surface area contributed by atoms with E-state index in [-0.39, 0.29) is 10.8 Å². The molecule has 1 aliphatic heterocycles. The minimum Gasteiger partial charge on any atom is -0.495 e. The Morgan fingerprint density at radius 3 is 2.47 bits per heavy atom. The third kappa shape index (κ3) is 5.49. The molecule has 1 N–H and O–H groups in total. The van der Waals surface area contributed by atoms with Crippen LogP contribution in [0.1, 0.15) is 36.0 Å². The van der Waals surface area contributed by atoms with Gasteiger partial charge in [-0.3, -0.25) is 4.79 Å². The van der Waals surface area contributed by atoms with Crippen LogP contribution < -0.4 is 10.1 Å². The molecule has 0 unspecified atom stereocenters. The monoisotopic (exact) mass is 428 g/mol. The maximum Gasteiger partial charge on any atom is 0.246 e. The SMILES string of the molecule is COc1ccc(/C=C/C(=O)NCc2ccc(C)cc2)cc1S(=O)(=O)N1CCCCC1. The molecule has 3 rings (SSSR count). The summed E-state index contributed by atoms with van der Waals surface area (Å²) in [5, 5.41) is 2.83. The lowest BCUT2D eigenvalue weighted by atomic mass is 10.1. The van der Waals surface area contributed by atoms with E-state index in [2.05, 4.69) is 5.32 Å². The molecule has 0 saturated carbocycles. The van der Waals surface area contributed by atoms with Crippen molar-refractivity contribution in [1.82, 2.24) is 9.62 Å². The van der Waals surface area contributed by atoms with E-state index in [9.17, 15) is 13.2 Å². The van der Waals surface area contributed by atoms with Crippen molar-refractivity contribution in [2.75, 3.05) is 20.2 Å². The molecule has 0 radical (unpaired) electrons. The standard InChI is InChI=1S/C23H28N2O4S/c1-18-6-8-20(9-7-18)17-24-23(26)13-11-19-10-12-21(29-2)22(16-19)30(27,28)25-14-4-3-5-15-25/h6-13,16H,3-5,14-15,17H2,1-2H3,(H,24,26)/b13-11+. The first-order chi connectivity index (χ1) is 14.4. The third-order valence-electron chi connectivity index (χ3n) is 5.14. The summed E-state index contributed by atoms with van der Waals surface area (Å²) in [6.07, 6.45) is 5.79. The summed E-state index contributed by atoms with van der Waals surface area (Å²) in [4.78, 5) is 12.3. The fourth-order valence-corrected chi connectivity index (χ4v) is 5.08. The average Bonchev–Trinajstić information content (AvgIpc) is 2.77. The van der Waals surface area contributed by atoms with Crippen LogP contribution in [0.15, 0.2) is 53.4 Å². The number of nitrogens with zero attached hydrogens (tertiary/aromatic N) is 1. The van der Waals surface area contributed by atoms with Crippen molar-refractivity contribution < 1.29 is 17.9 Å². The van der Waals surface area contributed by atoms with Gasteiger partial charge in [0, 0.05) is 25.7 Å². The van der Waals surface area contributed by atoms with Gasteiger partial charge in [-0.2, -0.15) is 4.31 Å². The van der Waals surface area contributed by atoms with E-state index in [1.54, 1.807) is 24.3 Å². The van der Waals surface area contributed by atoms with Crippen LogP contribution in [0, 0.1) is 6.92 Å². The first kappa shape index (κ1) is 22.1. The Balaban J connectivity index is 1.72. The minimum atomic E-state index is -3.64. The Hall–Kier alpha value is -2.64.